The molecule has 14 heavy (non-hydrogen) atoms. The molecule has 0 aliphatic heterocycles. The Kier molecular flexibility index (Phi) is 3.83. The van der Waals surface area contributed by atoms with Crippen molar-refractivity contribution in [2.24, 2.45) is 0 Å². The lowest BCUT2D eigenvalue weighted by atomic mass is 10.2. The van der Waals surface area contributed by atoms with E-state index in [1.54, 1.807) is 6.07 Å². The molecule has 0 aliphatic carbocycles. The molecule has 1 aromatic carbocycles. The maximum Gasteiger partial charge on any atom is 0.343 e. The van der Waals surface area contributed by atoms with E-state index < -0.39 is 5.97 Å². The number of thiol groups is 1. The molecule has 1 rings (SSSR count). The van der Waals surface area contributed by atoms with Crippen LogP contribution in [0.3, 0.4) is 0 Å². The summed E-state index contributed by atoms with van der Waals surface area (Å²) in [6, 6.07) is 5.41. The maximum atomic E-state index is 10.8. The Morgan fingerprint density at radius 2 is 2.21 bits per heavy atom. The first-order valence-corrected chi connectivity index (χ1v) is 4.57. The highest BCUT2D eigenvalue weighted by molar-refractivity contribution is 7.80. The number of carbonyl (C=O) groups is 1. The third-order valence-corrected chi connectivity index (χ3v) is 2.25. The van der Waals surface area contributed by atoms with Crippen LogP contribution < -0.4 is 4.74 Å². The average Bonchev–Trinajstić information content (AvgIpc) is 2.19. The van der Waals surface area contributed by atoms with Gasteiger partial charge in [0.15, 0.2) is 6.61 Å². The lowest BCUT2D eigenvalue weighted by Crippen LogP contribution is -2.12. The molecular formula is C10H12O3S. The summed E-state index contributed by atoms with van der Waals surface area (Å²) in [5, 5.41) is 0. The number of ether oxygens (including phenoxy) is 2. The molecule has 76 valence electrons. The standard InChI is InChI=1S/C10H12O3S/c1-7-5-8(3-4-9(7)14)13-6-10(11)12-2/h3-5,14H,6H2,1-2H3. The number of esters is 1. The second-order valence-corrected chi connectivity index (χ2v) is 3.29. The van der Waals surface area contributed by atoms with Crippen molar-refractivity contribution in [3.8, 4) is 5.75 Å². The number of aryl methyl sites for hydroxylation is 1. The fourth-order valence-corrected chi connectivity index (χ4v) is 1.06. The van der Waals surface area contributed by atoms with Gasteiger partial charge in [-0.25, -0.2) is 4.79 Å². The van der Waals surface area contributed by atoms with Crippen molar-refractivity contribution < 1.29 is 14.3 Å². The van der Waals surface area contributed by atoms with Gasteiger partial charge in [0, 0.05) is 4.90 Å². The second-order valence-electron chi connectivity index (χ2n) is 2.81. The van der Waals surface area contributed by atoms with E-state index in [1.165, 1.54) is 7.11 Å². The molecule has 0 amide bonds. The highest BCUT2D eigenvalue weighted by atomic mass is 32.1. The highest BCUT2D eigenvalue weighted by Gasteiger charge is 2.02. The number of rotatable bonds is 3. The van der Waals surface area contributed by atoms with E-state index in [4.69, 9.17) is 4.74 Å². The minimum Gasteiger partial charge on any atom is -0.482 e. The molecule has 1 aromatic rings. The van der Waals surface area contributed by atoms with Gasteiger partial charge in [-0.15, -0.1) is 12.6 Å². The molecule has 0 aliphatic rings. The van der Waals surface area contributed by atoms with Crippen LogP contribution in [-0.4, -0.2) is 19.7 Å². The first-order chi connectivity index (χ1) is 6.63. The first kappa shape index (κ1) is 10.9. The van der Waals surface area contributed by atoms with Gasteiger partial charge in [0.1, 0.15) is 5.75 Å². The molecule has 3 nitrogen and oxygen atoms in total. The van der Waals surface area contributed by atoms with E-state index in [0.717, 1.165) is 10.5 Å². The van der Waals surface area contributed by atoms with Crippen LogP contribution in [0.15, 0.2) is 23.1 Å². The van der Waals surface area contributed by atoms with Gasteiger partial charge in [0.25, 0.3) is 0 Å². The molecule has 0 radical (unpaired) electrons. The summed E-state index contributed by atoms with van der Waals surface area (Å²) in [6.45, 7) is 1.86. The highest BCUT2D eigenvalue weighted by Crippen LogP contribution is 2.19. The zero-order valence-corrected chi connectivity index (χ0v) is 9.01. The Bertz CT molecular complexity index is 336. The van der Waals surface area contributed by atoms with E-state index in [1.807, 2.05) is 19.1 Å². The molecule has 4 heteroatoms. The van der Waals surface area contributed by atoms with Gasteiger partial charge in [-0.3, -0.25) is 0 Å². The van der Waals surface area contributed by atoms with Crippen LogP contribution in [-0.2, 0) is 9.53 Å². The number of benzene rings is 1. The summed E-state index contributed by atoms with van der Waals surface area (Å²) >= 11 is 4.23. The van der Waals surface area contributed by atoms with Crippen molar-refractivity contribution in [2.45, 2.75) is 11.8 Å². The molecule has 0 saturated heterocycles. The minimum absolute atomic E-state index is 0.0676. The summed E-state index contributed by atoms with van der Waals surface area (Å²) in [6.07, 6.45) is 0. The molecule has 0 unspecified atom stereocenters. The monoisotopic (exact) mass is 212 g/mol. The zero-order chi connectivity index (χ0) is 10.6. The lowest BCUT2D eigenvalue weighted by molar-refractivity contribution is -0.142. The largest absolute Gasteiger partial charge is 0.482 e. The third-order valence-electron chi connectivity index (χ3n) is 1.75. The summed E-state index contributed by atoms with van der Waals surface area (Å²) in [5.41, 5.74) is 1.01. The normalized spacial score (nSPS) is 9.64. The van der Waals surface area contributed by atoms with Crippen molar-refractivity contribution in [1.29, 1.82) is 0 Å². The van der Waals surface area contributed by atoms with Gasteiger partial charge in [-0.1, -0.05) is 0 Å². The van der Waals surface area contributed by atoms with E-state index in [9.17, 15) is 4.79 Å². The Morgan fingerprint density at radius 3 is 2.79 bits per heavy atom. The Morgan fingerprint density at radius 1 is 1.50 bits per heavy atom. The van der Waals surface area contributed by atoms with E-state index in [0.29, 0.717) is 5.75 Å². The van der Waals surface area contributed by atoms with Crippen molar-refractivity contribution in [3.05, 3.63) is 23.8 Å². The van der Waals surface area contributed by atoms with Crippen molar-refractivity contribution in [2.75, 3.05) is 13.7 Å². The summed E-state index contributed by atoms with van der Waals surface area (Å²) in [5.74, 6) is 0.253. The molecule has 0 fully saturated rings. The number of carbonyl (C=O) groups excluding carboxylic acids is 1. The van der Waals surface area contributed by atoms with E-state index in [-0.39, 0.29) is 6.61 Å². The van der Waals surface area contributed by atoms with Gasteiger partial charge < -0.3 is 9.47 Å². The van der Waals surface area contributed by atoms with Crippen LogP contribution >= 0.6 is 12.6 Å². The van der Waals surface area contributed by atoms with Crippen LogP contribution in [0.5, 0.6) is 5.75 Å². The molecular weight excluding hydrogens is 200 g/mol. The summed E-state index contributed by atoms with van der Waals surface area (Å²) in [4.78, 5) is 11.7. The van der Waals surface area contributed by atoms with E-state index >= 15 is 0 Å². The molecule has 0 aromatic heterocycles. The fourth-order valence-electron chi connectivity index (χ4n) is 0.919. The second kappa shape index (κ2) is 4.91. The van der Waals surface area contributed by atoms with Crippen molar-refractivity contribution >= 4 is 18.6 Å². The predicted octanol–water partition coefficient (Wildman–Crippen LogP) is 1.84. The van der Waals surface area contributed by atoms with Gasteiger partial charge in [-0.05, 0) is 30.7 Å². The van der Waals surface area contributed by atoms with Crippen LogP contribution in [0, 0.1) is 6.92 Å². The molecule has 0 saturated carbocycles. The molecule has 0 N–H and O–H groups in total. The predicted molar refractivity (Wildman–Crippen MR) is 55.9 cm³/mol. The van der Waals surface area contributed by atoms with Gasteiger partial charge >= 0.3 is 5.97 Å². The molecule has 0 heterocycles. The minimum atomic E-state index is -0.391. The van der Waals surface area contributed by atoms with Crippen molar-refractivity contribution in [1.82, 2.24) is 0 Å². The zero-order valence-electron chi connectivity index (χ0n) is 8.11. The van der Waals surface area contributed by atoms with Gasteiger partial charge in [0.2, 0.25) is 0 Å². The number of hydrogen-bond donors (Lipinski definition) is 1. The Hall–Kier alpha value is -1.16. The maximum absolute atomic E-state index is 10.8. The van der Waals surface area contributed by atoms with Crippen LogP contribution in [0.25, 0.3) is 0 Å². The average molecular weight is 212 g/mol. The number of methoxy groups -OCH3 is 1. The van der Waals surface area contributed by atoms with Crippen LogP contribution in [0.4, 0.5) is 0 Å². The van der Waals surface area contributed by atoms with Gasteiger partial charge in [-0.2, -0.15) is 0 Å². The fraction of sp³-hybridized carbons (Fsp3) is 0.300. The molecule has 0 atom stereocenters. The van der Waals surface area contributed by atoms with Gasteiger partial charge in [0.05, 0.1) is 7.11 Å². The SMILES string of the molecule is COC(=O)COc1ccc(S)c(C)c1. The molecule has 0 bridgehead atoms. The van der Waals surface area contributed by atoms with Crippen LogP contribution in [0.2, 0.25) is 0 Å². The quantitative estimate of drug-likeness (QED) is 0.613. The number of hydrogen-bond acceptors (Lipinski definition) is 4. The first-order valence-electron chi connectivity index (χ1n) is 4.12. The lowest BCUT2D eigenvalue weighted by Gasteiger charge is -2.06. The third kappa shape index (κ3) is 2.96. The van der Waals surface area contributed by atoms with E-state index in [2.05, 4.69) is 17.4 Å². The van der Waals surface area contributed by atoms with Crippen molar-refractivity contribution in [3.63, 3.8) is 0 Å². The summed E-state index contributed by atoms with van der Waals surface area (Å²) in [7, 11) is 1.33. The molecule has 0 spiro atoms. The van der Waals surface area contributed by atoms with Crippen LogP contribution in [0.1, 0.15) is 5.56 Å². The summed E-state index contributed by atoms with van der Waals surface area (Å²) < 4.78 is 9.63. The smallest absolute Gasteiger partial charge is 0.343 e. The topological polar surface area (TPSA) is 35.5 Å². The Labute approximate surface area is 88.4 Å². The Balaban J connectivity index is 2.60.